The molecule has 146 valence electrons. The van der Waals surface area contributed by atoms with E-state index in [0.29, 0.717) is 30.2 Å². The van der Waals surface area contributed by atoms with Crippen LogP contribution in [0.1, 0.15) is 28.9 Å². The first kappa shape index (κ1) is 18.7. The lowest BCUT2D eigenvalue weighted by Gasteiger charge is -2.29. The number of benzene rings is 1. The van der Waals surface area contributed by atoms with E-state index in [0.717, 1.165) is 11.3 Å². The number of pyridine rings is 1. The molecule has 4 rings (SSSR count). The van der Waals surface area contributed by atoms with Crippen molar-refractivity contribution in [3.8, 4) is 5.75 Å². The summed E-state index contributed by atoms with van der Waals surface area (Å²) in [5.74, 6) is 1.24. The average molecular weight is 400 g/mol. The molecule has 1 aromatic heterocycles. The Morgan fingerprint density at radius 1 is 1.14 bits per heavy atom. The van der Waals surface area contributed by atoms with Crippen molar-refractivity contribution in [2.45, 2.75) is 13.0 Å². The van der Waals surface area contributed by atoms with Gasteiger partial charge in [-0.25, -0.2) is 0 Å². The number of carbonyl (C=O) groups is 2. The summed E-state index contributed by atoms with van der Waals surface area (Å²) in [5, 5.41) is 0.448. The van der Waals surface area contributed by atoms with Gasteiger partial charge in [0.1, 0.15) is 5.75 Å². The number of hydrogen-bond acceptors (Lipinski definition) is 4. The predicted octanol–water partition coefficient (Wildman–Crippen LogP) is 3.04. The van der Waals surface area contributed by atoms with Gasteiger partial charge in [-0.3, -0.25) is 14.6 Å². The number of amides is 2. The maximum Gasteiger partial charge on any atom is 0.255 e. The number of rotatable bonds is 3. The molecule has 2 aromatic rings. The van der Waals surface area contributed by atoms with E-state index in [1.165, 1.54) is 6.20 Å². The van der Waals surface area contributed by atoms with E-state index in [9.17, 15) is 9.59 Å². The minimum Gasteiger partial charge on any atom is -0.497 e. The first-order valence-corrected chi connectivity index (χ1v) is 9.66. The SMILES string of the molecule is COc1ccc([C@H]2[C@@H]3CN(C(=O)c4cncc(Cl)c4)C[C@@H]3CN2C(C)=O)cc1. The smallest absolute Gasteiger partial charge is 0.255 e. The Balaban J connectivity index is 1.58. The van der Waals surface area contributed by atoms with Crippen LogP contribution in [0.2, 0.25) is 5.02 Å². The summed E-state index contributed by atoms with van der Waals surface area (Å²) in [4.78, 5) is 33.0. The molecule has 0 unspecified atom stereocenters. The second kappa shape index (κ2) is 7.43. The predicted molar refractivity (Wildman–Crippen MR) is 105 cm³/mol. The van der Waals surface area contributed by atoms with Gasteiger partial charge in [-0.15, -0.1) is 0 Å². The normalized spacial score (nSPS) is 23.6. The number of nitrogens with zero attached hydrogens (tertiary/aromatic N) is 3. The first-order valence-electron chi connectivity index (χ1n) is 9.29. The van der Waals surface area contributed by atoms with Gasteiger partial charge >= 0.3 is 0 Å². The number of carbonyl (C=O) groups excluding carboxylic acids is 2. The maximum absolute atomic E-state index is 12.9. The Bertz CT molecular complexity index is 902. The number of hydrogen-bond donors (Lipinski definition) is 0. The molecule has 0 saturated carbocycles. The summed E-state index contributed by atoms with van der Waals surface area (Å²) in [6, 6.07) is 9.45. The maximum atomic E-state index is 12.9. The summed E-state index contributed by atoms with van der Waals surface area (Å²) in [5.41, 5.74) is 1.57. The van der Waals surface area contributed by atoms with E-state index in [1.54, 1.807) is 26.3 Å². The molecular weight excluding hydrogens is 378 g/mol. The molecule has 2 aliphatic rings. The molecule has 1 aromatic carbocycles. The van der Waals surface area contributed by atoms with Gasteiger partial charge in [0, 0.05) is 50.8 Å². The van der Waals surface area contributed by atoms with Crippen LogP contribution in [0.4, 0.5) is 0 Å². The number of ether oxygens (including phenoxy) is 1. The third kappa shape index (κ3) is 3.33. The highest BCUT2D eigenvalue weighted by Gasteiger charge is 2.49. The van der Waals surface area contributed by atoms with E-state index in [2.05, 4.69) is 4.98 Å². The standard InChI is InChI=1S/C21H22ClN3O3/c1-13(26)25-11-16-10-24(21(27)15-7-17(22)9-23-8-15)12-19(16)20(25)14-3-5-18(28-2)6-4-14/h3-9,16,19-20H,10-12H2,1-2H3/t16-,19-,20+/m1/s1. The van der Waals surface area contributed by atoms with Crippen LogP contribution in [0.3, 0.4) is 0 Å². The molecule has 2 amide bonds. The second-order valence-corrected chi connectivity index (χ2v) is 7.85. The second-order valence-electron chi connectivity index (χ2n) is 7.42. The molecule has 7 heteroatoms. The summed E-state index contributed by atoms with van der Waals surface area (Å²) < 4.78 is 5.25. The van der Waals surface area contributed by atoms with Gasteiger partial charge in [-0.2, -0.15) is 0 Å². The highest BCUT2D eigenvalue weighted by molar-refractivity contribution is 6.30. The first-order chi connectivity index (χ1) is 13.5. The van der Waals surface area contributed by atoms with Crippen molar-refractivity contribution in [1.82, 2.24) is 14.8 Å². The van der Waals surface area contributed by atoms with Gasteiger partial charge in [0.15, 0.2) is 0 Å². The zero-order chi connectivity index (χ0) is 19.8. The van der Waals surface area contributed by atoms with Gasteiger partial charge in [0.25, 0.3) is 5.91 Å². The van der Waals surface area contributed by atoms with Crippen molar-refractivity contribution in [2.24, 2.45) is 11.8 Å². The molecule has 0 spiro atoms. The van der Waals surface area contributed by atoms with Gasteiger partial charge in [0.2, 0.25) is 5.91 Å². The molecule has 0 N–H and O–H groups in total. The summed E-state index contributed by atoms with van der Waals surface area (Å²) >= 11 is 5.99. The largest absolute Gasteiger partial charge is 0.497 e. The van der Waals surface area contributed by atoms with Crippen LogP contribution in [0.25, 0.3) is 0 Å². The van der Waals surface area contributed by atoms with Crippen molar-refractivity contribution >= 4 is 23.4 Å². The Labute approximate surface area is 169 Å². The molecule has 0 bridgehead atoms. The number of methoxy groups -OCH3 is 1. The van der Waals surface area contributed by atoms with E-state index in [4.69, 9.17) is 16.3 Å². The van der Waals surface area contributed by atoms with Gasteiger partial charge < -0.3 is 14.5 Å². The van der Waals surface area contributed by atoms with Crippen LogP contribution in [-0.2, 0) is 4.79 Å². The molecule has 0 aliphatic carbocycles. The molecule has 3 heterocycles. The Morgan fingerprint density at radius 3 is 2.54 bits per heavy atom. The average Bonchev–Trinajstić information content (AvgIpc) is 3.25. The number of likely N-dealkylation sites (tertiary alicyclic amines) is 2. The van der Waals surface area contributed by atoms with Crippen LogP contribution in [0.5, 0.6) is 5.75 Å². The van der Waals surface area contributed by atoms with Gasteiger partial charge in [-0.1, -0.05) is 23.7 Å². The molecule has 28 heavy (non-hydrogen) atoms. The third-order valence-electron chi connectivity index (χ3n) is 5.76. The molecule has 2 aliphatic heterocycles. The monoisotopic (exact) mass is 399 g/mol. The fraction of sp³-hybridized carbons (Fsp3) is 0.381. The summed E-state index contributed by atoms with van der Waals surface area (Å²) in [7, 11) is 1.63. The van der Waals surface area contributed by atoms with Crippen molar-refractivity contribution in [3.63, 3.8) is 0 Å². The van der Waals surface area contributed by atoms with Crippen molar-refractivity contribution in [1.29, 1.82) is 0 Å². The van der Waals surface area contributed by atoms with Crippen molar-refractivity contribution < 1.29 is 14.3 Å². The lowest BCUT2D eigenvalue weighted by molar-refractivity contribution is -0.130. The molecule has 0 radical (unpaired) electrons. The molecular formula is C21H22ClN3O3. The number of aromatic nitrogens is 1. The van der Waals surface area contributed by atoms with Gasteiger partial charge in [0.05, 0.1) is 23.7 Å². The summed E-state index contributed by atoms with van der Waals surface area (Å²) in [6.45, 7) is 3.51. The van der Waals surface area contributed by atoms with E-state index in [-0.39, 0.29) is 29.7 Å². The van der Waals surface area contributed by atoms with Crippen LogP contribution in [0.15, 0.2) is 42.7 Å². The fourth-order valence-electron chi connectivity index (χ4n) is 4.47. The highest BCUT2D eigenvalue weighted by Crippen LogP contribution is 2.45. The molecule has 2 fully saturated rings. The fourth-order valence-corrected chi connectivity index (χ4v) is 4.65. The van der Waals surface area contributed by atoms with Crippen molar-refractivity contribution in [2.75, 3.05) is 26.7 Å². The minimum atomic E-state index is -0.0627. The van der Waals surface area contributed by atoms with Crippen LogP contribution in [-0.4, -0.2) is 53.3 Å². The Hall–Kier alpha value is -2.60. The molecule has 2 saturated heterocycles. The zero-order valence-electron chi connectivity index (χ0n) is 15.8. The topological polar surface area (TPSA) is 62.7 Å². The lowest BCUT2D eigenvalue weighted by atomic mass is 9.89. The van der Waals surface area contributed by atoms with Crippen LogP contribution in [0, 0.1) is 11.8 Å². The summed E-state index contributed by atoms with van der Waals surface area (Å²) in [6.07, 6.45) is 3.06. The van der Waals surface area contributed by atoms with E-state index < -0.39 is 0 Å². The minimum absolute atomic E-state index is 0.0382. The van der Waals surface area contributed by atoms with Crippen LogP contribution < -0.4 is 4.74 Å². The zero-order valence-corrected chi connectivity index (χ0v) is 16.6. The van der Waals surface area contributed by atoms with Crippen LogP contribution >= 0.6 is 11.6 Å². The Kier molecular flexibility index (Phi) is 4.98. The molecule has 6 nitrogen and oxygen atoms in total. The quantitative estimate of drug-likeness (QED) is 0.795. The van der Waals surface area contributed by atoms with E-state index in [1.807, 2.05) is 34.1 Å². The Morgan fingerprint density at radius 2 is 1.89 bits per heavy atom. The number of fused-ring (bicyclic) bond motifs is 1. The number of halogens is 1. The highest BCUT2D eigenvalue weighted by atomic mass is 35.5. The van der Waals surface area contributed by atoms with E-state index >= 15 is 0 Å². The van der Waals surface area contributed by atoms with Crippen molar-refractivity contribution in [3.05, 3.63) is 58.9 Å². The lowest BCUT2D eigenvalue weighted by Crippen LogP contribution is -2.36. The van der Waals surface area contributed by atoms with Gasteiger partial charge in [-0.05, 0) is 23.8 Å². The molecule has 3 atom stereocenters. The third-order valence-corrected chi connectivity index (χ3v) is 5.97.